The Morgan fingerprint density at radius 2 is 1.97 bits per heavy atom. The van der Waals surface area contributed by atoms with Crippen molar-refractivity contribution in [2.75, 3.05) is 7.11 Å². The number of halogens is 3. The molecule has 162 valence electrons. The number of benzene rings is 1. The van der Waals surface area contributed by atoms with Gasteiger partial charge in [0.05, 0.1) is 24.2 Å². The molecular weight excluding hydrogens is 427 g/mol. The first-order valence-corrected chi connectivity index (χ1v) is 10.6. The lowest BCUT2D eigenvalue weighted by molar-refractivity contribution is -0.137. The number of ether oxygens (including phenoxy) is 1. The van der Waals surface area contributed by atoms with Crippen LogP contribution in [0.3, 0.4) is 0 Å². The Bertz CT molecular complexity index is 1090. The number of ketones is 1. The number of esters is 1. The van der Waals surface area contributed by atoms with Crippen LogP contribution in [0.5, 0.6) is 0 Å². The van der Waals surface area contributed by atoms with Crippen molar-refractivity contribution in [1.82, 2.24) is 5.32 Å². The number of fused-ring (bicyclic) bond motifs is 1. The molecule has 2 heterocycles. The van der Waals surface area contributed by atoms with E-state index in [1.54, 1.807) is 18.3 Å². The zero-order chi connectivity index (χ0) is 22.3. The molecule has 0 bridgehead atoms. The molecule has 1 N–H and O–H groups in total. The molecule has 3 unspecified atom stereocenters. The van der Waals surface area contributed by atoms with E-state index in [1.165, 1.54) is 19.2 Å². The fourth-order valence-electron chi connectivity index (χ4n) is 4.41. The zero-order valence-electron chi connectivity index (χ0n) is 16.8. The molecule has 1 aliphatic carbocycles. The molecule has 1 aromatic carbocycles. The van der Waals surface area contributed by atoms with E-state index in [9.17, 15) is 22.8 Å². The van der Waals surface area contributed by atoms with Crippen LogP contribution in [0.1, 0.15) is 41.2 Å². The van der Waals surface area contributed by atoms with Gasteiger partial charge in [0.1, 0.15) is 5.78 Å². The highest BCUT2D eigenvalue weighted by molar-refractivity contribution is 7.10. The Hall–Kier alpha value is -2.87. The van der Waals surface area contributed by atoms with Crippen molar-refractivity contribution in [3.8, 4) is 0 Å². The number of hydrogen-bond donors (Lipinski definition) is 1. The number of methoxy groups -OCH3 is 1. The molecule has 2 aliphatic rings. The van der Waals surface area contributed by atoms with Gasteiger partial charge in [-0.3, -0.25) is 4.79 Å². The van der Waals surface area contributed by atoms with E-state index < -0.39 is 29.5 Å². The Balaban J connectivity index is 1.87. The minimum absolute atomic E-state index is 0.110. The summed E-state index contributed by atoms with van der Waals surface area (Å²) in [4.78, 5) is 26.9. The third-order valence-corrected chi connectivity index (χ3v) is 6.76. The van der Waals surface area contributed by atoms with Gasteiger partial charge in [-0.25, -0.2) is 4.79 Å². The van der Waals surface area contributed by atoms with Crippen molar-refractivity contribution in [2.24, 2.45) is 5.92 Å². The van der Waals surface area contributed by atoms with Crippen molar-refractivity contribution in [3.63, 3.8) is 0 Å². The molecule has 0 saturated carbocycles. The van der Waals surface area contributed by atoms with E-state index in [-0.39, 0.29) is 29.3 Å². The molecule has 4 rings (SSSR count). The summed E-state index contributed by atoms with van der Waals surface area (Å²) in [5.74, 6) is -2.54. The van der Waals surface area contributed by atoms with Crippen LogP contribution < -0.4 is 5.32 Å². The summed E-state index contributed by atoms with van der Waals surface area (Å²) < 4.78 is 45.0. The molecule has 3 atom stereocenters. The van der Waals surface area contributed by atoms with Crippen LogP contribution in [0.4, 0.5) is 13.2 Å². The maximum absolute atomic E-state index is 13.4. The second-order valence-electron chi connectivity index (χ2n) is 7.65. The SMILES string of the molecule is COC(=O)C1=C(C)NC2=CC(c3cccs3)CC(=O)C2C1c1cccc(C(F)(F)F)c1. The second-order valence-corrected chi connectivity index (χ2v) is 8.63. The quantitative estimate of drug-likeness (QED) is 0.661. The summed E-state index contributed by atoms with van der Waals surface area (Å²) in [6, 6.07) is 8.69. The van der Waals surface area contributed by atoms with Crippen LogP contribution in [0.25, 0.3) is 0 Å². The van der Waals surface area contributed by atoms with Gasteiger partial charge in [-0.2, -0.15) is 13.2 Å². The van der Waals surface area contributed by atoms with E-state index in [0.717, 1.165) is 17.0 Å². The smallest absolute Gasteiger partial charge is 0.416 e. The average Bonchev–Trinajstić information content (AvgIpc) is 3.26. The fourth-order valence-corrected chi connectivity index (χ4v) is 5.21. The summed E-state index contributed by atoms with van der Waals surface area (Å²) in [7, 11) is 1.21. The lowest BCUT2D eigenvalue weighted by Gasteiger charge is -2.39. The molecule has 0 fully saturated rings. The summed E-state index contributed by atoms with van der Waals surface area (Å²) in [6.07, 6.45) is -2.36. The first-order chi connectivity index (χ1) is 14.7. The monoisotopic (exact) mass is 447 g/mol. The van der Waals surface area contributed by atoms with Crippen molar-refractivity contribution < 1.29 is 27.5 Å². The number of carbonyl (C=O) groups excluding carboxylic acids is 2. The summed E-state index contributed by atoms with van der Waals surface area (Å²) in [5, 5.41) is 5.09. The van der Waals surface area contributed by atoms with Crippen molar-refractivity contribution in [3.05, 3.63) is 80.8 Å². The number of rotatable bonds is 3. The number of thiophene rings is 1. The minimum atomic E-state index is -4.54. The standard InChI is InChI=1S/C23H20F3NO3S/c1-12-19(22(29)30-2)20(13-5-3-6-15(9-13)23(24,25)26)21-16(27-12)10-14(11-17(21)28)18-7-4-8-31-18/h3-10,14,20-21,27H,11H2,1-2H3. The largest absolute Gasteiger partial charge is 0.466 e. The van der Waals surface area contributed by atoms with Gasteiger partial charge in [-0.15, -0.1) is 11.3 Å². The van der Waals surface area contributed by atoms with Gasteiger partial charge in [0.2, 0.25) is 0 Å². The maximum atomic E-state index is 13.4. The van der Waals surface area contributed by atoms with Crippen molar-refractivity contribution >= 4 is 23.1 Å². The van der Waals surface area contributed by atoms with Crippen LogP contribution in [0, 0.1) is 5.92 Å². The lowest BCUT2D eigenvalue weighted by Crippen LogP contribution is -2.41. The Labute approximate surface area is 181 Å². The van der Waals surface area contributed by atoms with E-state index >= 15 is 0 Å². The lowest BCUT2D eigenvalue weighted by atomic mass is 9.69. The second kappa shape index (κ2) is 8.00. The Kier molecular flexibility index (Phi) is 5.51. The normalized spacial score (nSPS) is 23.7. The molecule has 0 saturated heterocycles. The first-order valence-electron chi connectivity index (χ1n) is 9.71. The molecule has 1 aromatic heterocycles. The first kappa shape index (κ1) is 21.4. The molecule has 8 heteroatoms. The topological polar surface area (TPSA) is 55.4 Å². The van der Waals surface area contributed by atoms with Crippen LogP contribution in [0.15, 0.2) is 64.8 Å². The third-order valence-electron chi connectivity index (χ3n) is 5.75. The van der Waals surface area contributed by atoms with Crippen LogP contribution in [-0.4, -0.2) is 18.9 Å². The highest BCUT2D eigenvalue weighted by Crippen LogP contribution is 2.47. The molecule has 2 aromatic rings. The van der Waals surface area contributed by atoms with Gasteiger partial charge in [-0.1, -0.05) is 30.3 Å². The predicted octanol–water partition coefficient (Wildman–Crippen LogP) is 5.16. The highest BCUT2D eigenvalue weighted by atomic mass is 32.1. The van der Waals surface area contributed by atoms with Gasteiger partial charge in [0.25, 0.3) is 0 Å². The number of carbonyl (C=O) groups is 2. The van der Waals surface area contributed by atoms with Crippen molar-refractivity contribution in [1.29, 1.82) is 0 Å². The number of Topliss-reactive ketones (excluding diaryl/α,β-unsaturated/α-hetero) is 1. The molecule has 31 heavy (non-hydrogen) atoms. The van der Waals surface area contributed by atoms with Crippen LogP contribution >= 0.6 is 11.3 Å². The molecule has 4 nitrogen and oxygen atoms in total. The number of allylic oxidation sites excluding steroid dienone is 3. The number of hydrogen-bond acceptors (Lipinski definition) is 5. The molecule has 0 spiro atoms. The average molecular weight is 447 g/mol. The van der Waals surface area contributed by atoms with Crippen LogP contribution in [-0.2, 0) is 20.5 Å². The van der Waals surface area contributed by atoms with Gasteiger partial charge < -0.3 is 10.1 Å². The van der Waals surface area contributed by atoms with Gasteiger partial charge >= 0.3 is 12.1 Å². The Morgan fingerprint density at radius 1 is 1.19 bits per heavy atom. The number of nitrogens with one attached hydrogen (secondary N) is 1. The van der Waals surface area contributed by atoms with E-state index in [0.29, 0.717) is 11.4 Å². The van der Waals surface area contributed by atoms with Gasteiger partial charge in [-0.05, 0) is 30.0 Å². The van der Waals surface area contributed by atoms with E-state index in [2.05, 4.69) is 5.32 Å². The zero-order valence-corrected chi connectivity index (χ0v) is 17.6. The predicted molar refractivity (Wildman–Crippen MR) is 110 cm³/mol. The fraction of sp³-hybridized carbons (Fsp3) is 0.304. The van der Waals surface area contributed by atoms with E-state index in [4.69, 9.17) is 4.74 Å². The molecule has 1 aliphatic heterocycles. The Morgan fingerprint density at radius 3 is 2.61 bits per heavy atom. The summed E-state index contributed by atoms with van der Waals surface area (Å²) >= 11 is 1.55. The van der Waals surface area contributed by atoms with Crippen LogP contribution in [0.2, 0.25) is 0 Å². The molecule has 0 amide bonds. The third kappa shape index (κ3) is 3.92. The molecule has 0 radical (unpaired) electrons. The van der Waals surface area contributed by atoms with Crippen molar-refractivity contribution in [2.45, 2.75) is 31.4 Å². The van der Waals surface area contributed by atoms with Gasteiger partial charge in [0.15, 0.2) is 0 Å². The minimum Gasteiger partial charge on any atom is -0.466 e. The summed E-state index contributed by atoms with van der Waals surface area (Å²) in [5.41, 5.74) is 0.691. The van der Waals surface area contributed by atoms with Gasteiger partial charge in [0, 0.05) is 34.5 Å². The molecular formula is C23H20F3NO3S. The summed E-state index contributed by atoms with van der Waals surface area (Å²) in [6.45, 7) is 1.67. The number of alkyl halides is 3. The highest BCUT2D eigenvalue weighted by Gasteiger charge is 2.45. The van der Waals surface area contributed by atoms with E-state index in [1.807, 2.05) is 23.6 Å². The maximum Gasteiger partial charge on any atom is 0.416 e.